The molecule has 1 heterocycles. The van der Waals surface area contributed by atoms with Crippen molar-refractivity contribution in [1.82, 2.24) is 4.57 Å². The first-order valence-electron chi connectivity index (χ1n) is 7.82. The molecule has 23 heavy (non-hydrogen) atoms. The van der Waals surface area contributed by atoms with Crippen molar-refractivity contribution in [2.45, 2.75) is 26.6 Å². The fourth-order valence-corrected chi connectivity index (χ4v) is 2.75. The number of rotatable bonds is 6. The highest BCUT2D eigenvalue weighted by atomic mass is 16.5. The minimum absolute atomic E-state index is 0.532. The molecule has 4 heteroatoms. The number of benzene rings is 2. The van der Waals surface area contributed by atoms with E-state index in [2.05, 4.69) is 35.9 Å². The van der Waals surface area contributed by atoms with Crippen LogP contribution >= 0.6 is 0 Å². The lowest BCUT2D eigenvalue weighted by molar-refractivity contribution is 0.306. The maximum atomic E-state index is 5.93. The molecule has 2 N–H and O–H groups in total. The van der Waals surface area contributed by atoms with E-state index in [0.717, 1.165) is 23.6 Å². The fraction of sp³-hybridized carbons (Fsp3) is 0.263. The second kappa shape index (κ2) is 6.75. The summed E-state index contributed by atoms with van der Waals surface area (Å²) in [6, 6.07) is 14.0. The molecule has 0 amide bonds. The third-order valence-corrected chi connectivity index (χ3v) is 4.06. The first-order chi connectivity index (χ1) is 11.2. The fourth-order valence-electron chi connectivity index (χ4n) is 2.75. The van der Waals surface area contributed by atoms with Crippen molar-refractivity contribution in [2.75, 3.05) is 7.11 Å². The molecule has 4 nitrogen and oxygen atoms in total. The predicted octanol–water partition coefficient (Wildman–Crippen LogP) is 3.71. The molecule has 1 aromatic heterocycles. The van der Waals surface area contributed by atoms with Gasteiger partial charge in [-0.15, -0.1) is 0 Å². The third-order valence-electron chi connectivity index (χ3n) is 4.06. The lowest BCUT2D eigenvalue weighted by Gasteiger charge is -2.07. The zero-order valence-electron chi connectivity index (χ0n) is 13.6. The molecule has 2 aromatic carbocycles. The van der Waals surface area contributed by atoms with Crippen LogP contribution in [-0.4, -0.2) is 11.7 Å². The van der Waals surface area contributed by atoms with Crippen LogP contribution < -0.4 is 15.2 Å². The number of ether oxygens (including phenoxy) is 2. The van der Waals surface area contributed by atoms with E-state index in [4.69, 9.17) is 15.2 Å². The van der Waals surface area contributed by atoms with Crippen LogP contribution in [0, 0.1) is 0 Å². The molecular weight excluding hydrogens is 288 g/mol. The van der Waals surface area contributed by atoms with Gasteiger partial charge in [0, 0.05) is 35.8 Å². The Bertz CT molecular complexity index is 791. The lowest BCUT2D eigenvalue weighted by atomic mass is 10.1. The van der Waals surface area contributed by atoms with E-state index in [0.29, 0.717) is 13.2 Å². The molecule has 0 atom stereocenters. The van der Waals surface area contributed by atoms with Gasteiger partial charge in [-0.05, 0) is 48.9 Å². The average Bonchev–Trinajstić information content (AvgIpc) is 2.97. The SMILES string of the molecule is CCn1cc(COc2ccc(OC)cc2)c2cc(CN)ccc21. The van der Waals surface area contributed by atoms with Crippen molar-refractivity contribution < 1.29 is 9.47 Å². The van der Waals surface area contributed by atoms with E-state index >= 15 is 0 Å². The first kappa shape index (κ1) is 15.4. The zero-order chi connectivity index (χ0) is 16.2. The van der Waals surface area contributed by atoms with Gasteiger partial charge in [-0.1, -0.05) is 6.07 Å². The number of nitrogens with two attached hydrogens (primary N) is 1. The van der Waals surface area contributed by atoms with Crippen LogP contribution in [0.15, 0.2) is 48.7 Å². The summed E-state index contributed by atoms with van der Waals surface area (Å²) in [6.07, 6.45) is 2.16. The summed E-state index contributed by atoms with van der Waals surface area (Å²) in [6.45, 7) is 4.15. The number of nitrogens with zero attached hydrogens (tertiary/aromatic N) is 1. The molecule has 3 aromatic rings. The van der Waals surface area contributed by atoms with Gasteiger partial charge in [0.1, 0.15) is 18.1 Å². The molecule has 0 bridgehead atoms. The number of hydrogen-bond donors (Lipinski definition) is 1. The number of hydrogen-bond acceptors (Lipinski definition) is 3. The lowest BCUT2D eigenvalue weighted by Crippen LogP contribution is -1.97. The smallest absolute Gasteiger partial charge is 0.120 e. The van der Waals surface area contributed by atoms with Crippen LogP contribution in [-0.2, 0) is 19.7 Å². The van der Waals surface area contributed by atoms with E-state index < -0.39 is 0 Å². The van der Waals surface area contributed by atoms with Gasteiger partial charge in [0.05, 0.1) is 7.11 Å². The maximum absolute atomic E-state index is 5.93. The van der Waals surface area contributed by atoms with Crippen LogP contribution in [0.3, 0.4) is 0 Å². The molecule has 120 valence electrons. The Kier molecular flexibility index (Phi) is 4.53. The standard InChI is InChI=1S/C19H22N2O2/c1-3-21-12-15(18-10-14(11-20)4-9-19(18)21)13-23-17-7-5-16(22-2)6-8-17/h4-10,12H,3,11,13,20H2,1-2H3. The first-order valence-corrected chi connectivity index (χ1v) is 7.82. The monoisotopic (exact) mass is 310 g/mol. The number of fused-ring (bicyclic) bond motifs is 1. The highest BCUT2D eigenvalue weighted by molar-refractivity contribution is 5.84. The van der Waals surface area contributed by atoms with E-state index in [9.17, 15) is 0 Å². The van der Waals surface area contributed by atoms with Gasteiger partial charge in [-0.3, -0.25) is 0 Å². The van der Waals surface area contributed by atoms with Crippen LogP contribution in [0.25, 0.3) is 10.9 Å². The zero-order valence-corrected chi connectivity index (χ0v) is 13.6. The molecule has 0 unspecified atom stereocenters. The minimum atomic E-state index is 0.532. The Morgan fingerprint density at radius 2 is 1.78 bits per heavy atom. The van der Waals surface area contributed by atoms with Crippen molar-refractivity contribution in [2.24, 2.45) is 5.73 Å². The van der Waals surface area contributed by atoms with Gasteiger partial charge in [0.15, 0.2) is 0 Å². The summed E-state index contributed by atoms with van der Waals surface area (Å²) in [5, 5.41) is 1.21. The molecule has 0 aliphatic carbocycles. The van der Waals surface area contributed by atoms with Crippen LogP contribution in [0.5, 0.6) is 11.5 Å². The van der Waals surface area contributed by atoms with Crippen molar-refractivity contribution in [3.8, 4) is 11.5 Å². The molecule has 0 aliphatic rings. The van der Waals surface area contributed by atoms with Crippen LogP contribution in [0.1, 0.15) is 18.1 Å². The van der Waals surface area contributed by atoms with E-state index in [1.54, 1.807) is 7.11 Å². The van der Waals surface area contributed by atoms with Crippen LogP contribution in [0.4, 0.5) is 0 Å². The van der Waals surface area contributed by atoms with Crippen LogP contribution in [0.2, 0.25) is 0 Å². The summed E-state index contributed by atoms with van der Waals surface area (Å²) in [4.78, 5) is 0. The van der Waals surface area contributed by atoms with Gasteiger partial charge in [-0.25, -0.2) is 0 Å². The summed E-state index contributed by atoms with van der Waals surface area (Å²) in [7, 11) is 1.66. The summed E-state index contributed by atoms with van der Waals surface area (Å²) < 4.78 is 13.3. The molecule has 0 aliphatic heterocycles. The van der Waals surface area contributed by atoms with E-state index in [-0.39, 0.29) is 0 Å². The topological polar surface area (TPSA) is 49.4 Å². The molecular formula is C19H22N2O2. The molecule has 0 radical (unpaired) electrons. The molecule has 3 rings (SSSR count). The van der Waals surface area contributed by atoms with Crippen molar-refractivity contribution in [1.29, 1.82) is 0 Å². The summed E-state index contributed by atoms with van der Waals surface area (Å²) in [5.74, 6) is 1.66. The third kappa shape index (κ3) is 3.17. The Balaban J connectivity index is 1.86. The number of methoxy groups -OCH3 is 1. The van der Waals surface area contributed by atoms with Gasteiger partial charge >= 0.3 is 0 Å². The van der Waals surface area contributed by atoms with Gasteiger partial charge in [0.25, 0.3) is 0 Å². The Hall–Kier alpha value is -2.46. The summed E-state index contributed by atoms with van der Waals surface area (Å²) in [5.41, 5.74) is 9.30. The highest BCUT2D eigenvalue weighted by Crippen LogP contribution is 2.25. The minimum Gasteiger partial charge on any atom is -0.497 e. The second-order valence-electron chi connectivity index (χ2n) is 5.46. The molecule has 0 saturated heterocycles. The normalized spacial score (nSPS) is 10.9. The quantitative estimate of drug-likeness (QED) is 0.755. The largest absolute Gasteiger partial charge is 0.497 e. The van der Waals surface area contributed by atoms with Gasteiger partial charge < -0.3 is 19.8 Å². The number of aromatic nitrogens is 1. The Labute approximate surface area is 136 Å². The van der Waals surface area contributed by atoms with E-state index in [1.165, 1.54) is 16.5 Å². The van der Waals surface area contributed by atoms with Crippen molar-refractivity contribution >= 4 is 10.9 Å². The molecule has 0 spiro atoms. The van der Waals surface area contributed by atoms with Gasteiger partial charge in [0.2, 0.25) is 0 Å². The Morgan fingerprint density at radius 3 is 2.43 bits per heavy atom. The van der Waals surface area contributed by atoms with Crippen molar-refractivity contribution in [3.05, 3.63) is 59.8 Å². The van der Waals surface area contributed by atoms with Crippen molar-refractivity contribution in [3.63, 3.8) is 0 Å². The Morgan fingerprint density at radius 1 is 1.04 bits per heavy atom. The number of aryl methyl sites for hydroxylation is 1. The predicted molar refractivity (Wildman–Crippen MR) is 92.8 cm³/mol. The molecule has 0 saturated carbocycles. The maximum Gasteiger partial charge on any atom is 0.120 e. The van der Waals surface area contributed by atoms with Gasteiger partial charge in [-0.2, -0.15) is 0 Å². The second-order valence-corrected chi connectivity index (χ2v) is 5.46. The van der Waals surface area contributed by atoms with E-state index in [1.807, 2.05) is 24.3 Å². The summed E-state index contributed by atoms with van der Waals surface area (Å²) >= 11 is 0. The highest BCUT2D eigenvalue weighted by Gasteiger charge is 2.09. The average molecular weight is 310 g/mol. The molecule has 0 fully saturated rings.